The van der Waals surface area contributed by atoms with E-state index in [-0.39, 0.29) is 12.1 Å². The van der Waals surface area contributed by atoms with Crippen molar-refractivity contribution >= 4 is 40.3 Å². The van der Waals surface area contributed by atoms with E-state index in [1.807, 2.05) is 18.3 Å². The third-order valence-electron chi connectivity index (χ3n) is 8.26. The van der Waals surface area contributed by atoms with Gasteiger partial charge in [-0.15, -0.1) is 0 Å². The van der Waals surface area contributed by atoms with Crippen molar-refractivity contribution in [2.24, 2.45) is 5.92 Å². The molecule has 2 aliphatic heterocycles. The summed E-state index contributed by atoms with van der Waals surface area (Å²) in [6.07, 6.45) is 14.0. The van der Waals surface area contributed by atoms with Crippen LogP contribution in [0.15, 0.2) is 61.1 Å². The standard InChI is InChI=1S/C29H34ClN5S/c1-20-11-15-33(16-12-20)26-10-9-23(18-24(26)30)35-28(21-13-17-34(19-21)22-6-2-3-7-22)27(32-29(35)36)25-8-4-5-14-31-25/h4-5,8-10,13-14,17-20,22,27-28H,2-3,6-7,11-12,15-16H2,1H3,(H,32,36)/t27-,28-/m1/s1. The Labute approximate surface area is 224 Å². The zero-order chi connectivity index (χ0) is 24.6. The Morgan fingerprint density at radius 2 is 1.83 bits per heavy atom. The van der Waals surface area contributed by atoms with Gasteiger partial charge in [-0.1, -0.05) is 37.4 Å². The molecule has 3 aromatic rings. The number of pyridine rings is 1. The van der Waals surface area contributed by atoms with Crippen LogP contribution in [0, 0.1) is 5.92 Å². The number of nitrogens with zero attached hydrogens (tertiary/aromatic N) is 4. The predicted octanol–water partition coefficient (Wildman–Crippen LogP) is 7.07. The summed E-state index contributed by atoms with van der Waals surface area (Å²) in [5.41, 5.74) is 4.38. The molecule has 1 aromatic carbocycles. The summed E-state index contributed by atoms with van der Waals surface area (Å²) in [5.74, 6) is 0.785. The predicted molar refractivity (Wildman–Crippen MR) is 152 cm³/mol. The van der Waals surface area contributed by atoms with Crippen molar-refractivity contribution in [1.82, 2.24) is 14.9 Å². The van der Waals surface area contributed by atoms with E-state index < -0.39 is 0 Å². The van der Waals surface area contributed by atoms with E-state index in [2.05, 4.69) is 69.3 Å². The van der Waals surface area contributed by atoms with Crippen LogP contribution in [-0.2, 0) is 0 Å². The molecule has 188 valence electrons. The number of hydrogen-bond acceptors (Lipinski definition) is 3. The first-order chi connectivity index (χ1) is 17.6. The third kappa shape index (κ3) is 4.50. The fourth-order valence-corrected chi connectivity index (χ4v) is 6.80. The Morgan fingerprint density at radius 1 is 1.03 bits per heavy atom. The second-order valence-electron chi connectivity index (χ2n) is 10.6. The molecule has 3 aliphatic rings. The van der Waals surface area contributed by atoms with Gasteiger partial charge in [0.15, 0.2) is 5.11 Å². The summed E-state index contributed by atoms with van der Waals surface area (Å²) >= 11 is 12.8. The largest absolute Gasteiger partial charge is 0.370 e. The maximum Gasteiger partial charge on any atom is 0.174 e. The molecular weight excluding hydrogens is 486 g/mol. The van der Waals surface area contributed by atoms with Crippen molar-refractivity contribution in [3.05, 3.63) is 77.3 Å². The topological polar surface area (TPSA) is 36.3 Å². The van der Waals surface area contributed by atoms with Crippen molar-refractivity contribution in [1.29, 1.82) is 0 Å². The Balaban J connectivity index is 1.35. The van der Waals surface area contributed by atoms with Crippen LogP contribution in [0.25, 0.3) is 0 Å². The van der Waals surface area contributed by atoms with Crippen molar-refractivity contribution in [2.45, 2.75) is 63.6 Å². The van der Waals surface area contributed by atoms with Crippen LogP contribution in [-0.4, -0.2) is 27.8 Å². The molecule has 6 rings (SSSR count). The average molecular weight is 520 g/mol. The molecule has 4 heterocycles. The summed E-state index contributed by atoms with van der Waals surface area (Å²) in [5, 5.41) is 5.07. The fourth-order valence-electron chi connectivity index (χ4n) is 6.16. The summed E-state index contributed by atoms with van der Waals surface area (Å²) in [4.78, 5) is 9.35. The van der Waals surface area contributed by atoms with E-state index in [0.29, 0.717) is 11.2 Å². The van der Waals surface area contributed by atoms with E-state index in [1.165, 1.54) is 44.1 Å². The number of aromatic nitrogens is 2. The van der Waals surface area contributed by atoms with Crippen molar-refractivity contribution in [2.75, 3.05) is 22.9 Å². The van der Waals surface area contributed by atoms with E-state index >= 15 is 0 Å². The Hall–Kier alpha value is -2.57. The molecule has 2 saturated heterocycles. The molecule has 0 unspecified atom stereocenters. The highest BCUT2D eigenvalue weighted by molar-refractivity contribution is 7.80. The van der Waals surface area contributed by atoms with Crippen LogP contribution in [0.2, 0.25) is 5.02 Å². The van der Waals surface area contributed by atoms with Gasteiger partial charge >= 0.3 is 0 Å². The van der Waals surface area contributed by atoms with Crippen LogP contribution in [0.4, 0.5) is 11.4 Å². The van der Waals surface area contributed by atoms with E-state index in [1.54, 1.807) is 0 Å². The summed E-state index contributed by atoms with van der Waals surface area (Å²) < 4.78 is 2.41. The smallest absolute Gasteiger partial charge is 0.174 e. The monoisotopic (exact) mass is 519 g/mol. The van der Waals surface area contributed by atoms with Gasteiger partial charge in [-0.2, -0.15) is 0 Å². The molecule has 0 amide bonds. The highest BCUT2D eigenvalue weighted by atomic mass is 35.5. The van der Waals surface area contributed by atoms with Gasteiger partial charge in [-0.25, -0.2) is 0 Å². The lowest BCUT2D eigenvalue weighted by atomic mass is 9.98. The van der Waals surface area contributed by atoms with E-state index in [9.17, 15) is 0 Å². The van der Waals surface area contributed by atoms with Crippen LogP contribution < -0.4 is 15.1 Å². The lowest BCUT2D eigenvalue weighted by Gasteiger charge is -2.33. The molecule has 0 bridgehead atoms. The van der Waals surface area contributed by atoms with Gasteiger partial charge in [0.05, 0.1) is 28.5 Å². The summed E-state index contributed by atoms with van der Waals surface area (Å²) in [7, 11) is 0. The second-order valence-corrected chi connectivity index (χ2v) is 11.4. The number of hydrogen-bond donors (Lipinski definition) is 1. The maximum atomic E-state index is 6.91. The van der Waals surface area contributed by atoms with Gasteiger partial charge in [-0.3, -0.25) is 4.98 Å². The minimum absolute atomic E-state index is 0.00666. The van der Waals surface area contributed by atoms with Crippen molar-refractivity contribution in [3.63, 3.8) is 0 Å². The van der Waals surface area contributed by atoms with Gasteiger partial charge in [0.2, 0.25) is 0 Å². The van der Waals surface area contributed by atoms with Gasteiger partial charge in [0, 0.05) is 43.4 Å². The highest BCUT2D eigenvalue weighted by Crippen LogP contribution is 2.44. The number of rotatable bonds is 5. The zero-order valence-electron chi connectivity index (χ0n) is 20.8. The van der Waals surface area contributed by atoms with Gasteiger partial charge in [0.1, 0.15) is 0 Å². The number of nitrogens with one attached hydrogen (secondary N) is 1. The minimum atomic E-state index is -0.0415. The average Bonchev–Trinajstić information content (AvgIpc) is 3.65. The molecular formula is C29H34ClN5S. The number of anilines is 2. The Kier molecular flexibility index (Phi) is 6.65. The van der Waals surface area contributed by atoms with Crippen molar-refractivity contribution in [3.8, 4) is 0 Å². The first kappa shape index (κ1) is 23.8. The molecule has 36 heavy (non-hydrogen) atoms. The number of benzene rings is 1. The number of halogens is 1. The third-order valence-corrected chi connectivity index (χ3v) is 8.87. The number of thiocarbonyl (C=S) groups is 1. The fraction of sp³-hybridized carbons (Fsp3) is 0.448. The molecule has 2 atom stereocenters. The second kappa shape index (κ2) is 10.1. The molecule has 5 nitrogen and oxygen atoms in total. The first-order valence-corrected chi connectivity index (χ1v) is 14.1. The van der Waals surface area contributed by atoms with Gasteiger partial charge in [0.25, 0.3) is 0 Å². The molecule has 3 fully saturated rings. The Bertz CT molecular complexity index is 1210. The molecule has 0 spiro atoms. The lowest BCUT2D eigenvalue weighted by Crippen LogP contribution is -2.33. The molecule has 1 aliphatic carbocycles. The first-order valence-electron chi connectivity index (χ1n) is 13.3. The zero-order valence-corrected chi connectivity index (χ0v) is 22.4. The SMILES string of the molecule is CC1CCN(c2ccc(N3C(=S)N[C@H](c4ccccn4)[C@H]3c3ccn(C4CCCC4)c3)cc2Cl)CC1. The minimum Gasteiger partial charge on any atom is -0.370 e. The molecule has 1 saturated carbocycles. The number of piperidine rings is 1. The molecule has 1 N–H and O–H groups in total. The molecule has 0 radical (unpaired) electrons. The van der Waals surface area contributed by atoms with Gasteiger partial charge < -0.3 is 19.7 Å². The maximum absolute atomic E-state index is 6.91. The summed E-state index contributed by atoms with van der Waals surface area (Å²) in [6.45, 7) is 4.45. The quantitative estimate of drug-likeness (QED) is 0.365. The van der Waals surface area contributed by atoms with Crippen LogP contribution >= 0.6 is 23.8 Å². The van der Waals surface area contributed by atoms with Crippen LogP contribution in [0.1, 0.15) is 74.8 Å². The van der Waals surface area contributed by atoms with Crippen LogP contribution in [0.5, 0.6) is 0 Å². The summed E-state index contributed by atoms with van der Waals surface area (Å²) in [6, 6.07) is 15.3. The Morgan fingerprint density at radius 3 is 2.56 bits per heavy atom. The normalized spacial score (nSPS) is 23.4. The molecule has 7 heteroatoms. The van der Waals surface area contributed by atoms with Crippen LogP contribution in [0.3, 0.4) is 0 Å². The highest BCUT2D eigenvalue weighted by Gasteiger charge is 2.41. The van der Waals surface area contributed by atoms with E-state index in [4.69, 9.17) is 28.8 Å². The van der Waals surface area contributed by atoms with Crippen molar-refractivity contribution < 1.29 is 0 Å². The van der Waals surface area contributed by atoms with E-state index in [0.717, 1.165) is 41.1 Å². The lowest BCUT2D eigenvalue weighted by molar-refractivity contribution is 0.438. The molecule has 2 aromatic heterocycles. The van der Waals surface area contributed by atoms with Gasteiger partial charge in [-0.05, 0) is 85.8 Å².